The Hall–Kier alpha value is -1.64. The van der Waals surface area contributed by atoms with Crippen LogP contribution in [0.3, 0.4) is 0 Å². The second kappa shape index (κ2) is 5.16. The number of imide groups is 1. The van der Waals surface area contributed by atoms with Crippen molar-refractivity contribution in [2.24, 2.45) is 0 Å². The molecule has 0 saturated carbocycles. The molecule has 0 aromatic heterocycles. The summed E-state index contributed by atoms with van der Waals surface area (Å²) in [5.41, 5.74) is 2.62. The third-order valence-electron chi connectivity index (χ3n) is 3.60. The minimum atomic E-state index is -0.0312. The number of amides is 2. The van der Waals surface area contributed by atoms with Crippen molar-refractivity contribution >= 4 is 11.8 Å². The Morgan fingerprint density at radius 1 is 1.00 bits per heavy atom. The average molecular weight is 259 g/mol. The molecule has 1 aromatic carbocycles. The summed E-state index contributed by atoms with van der Waals surface area (Å²) in [5.74, 6) is -0.0624. The number of likely N-dealkylation sites (tertiary alicyclic amines) is 1. The molecule has 1 heterocycles. The second-order valence-electron chi connectivity index (χ2n) is 6.14. The molecule has 1 fully saturated rings. The molecular formula is C16H21NO2. The molecule has 2 rings (SSSR count). The van der Waals surface area contributed by atoms with Gasteiger partial charge < -0.3 is 0 Å². The molecule has 0 N–H and O–H groups in total. The van der Waals surface area contributed by atoms with Gasteiger partial charge in [-0.2, -0.15) is 0 Å². The summed E-state index contributed by atoms with van der Waals surface area (Å²) < 4.78 is 0. The van der Waals surface area contributed by atoms with Crippen LogP contribution in [0.25, 0.3) is 0 Å². The van der Waals surface area contributed by atoms with E-state index in [1.165, 1.54) is 16.0 Å². The summed E-state index contributed by atoms with van der Waals surface area (Å²) in [7, 11) is 0. The SMILES string of the molecule is CC(C)(C)c1ccc(CCN2C(=O)CCC2=O)cc1. The smallest absolute Gasteiger partial charge is 0.229 e. The number of carbonyl (C=O) groups excluding carboxylic acids is 2. The number of nitrogens with zero attached hydrogens (tertiary/aromatic N) is 1. The predicted molar refractivity (Wildman–Crippen MR) is 74.8 cm³/mol. The van der Waals surface area contributed by atoms with Gasteiger partial charge in [-0.3, -0.25) is 14.5 Å². The summed E-state index contributed by atoms with van der Waals surface area (Å²) in [5, 5.41) is 0. The van der Waals surface area contributed by atoms with Crippen molar-refractivity contribution in [1.82, 2.24) is 4.90 Å². The molecule has 3 nitrogen and oxygen atoms in total. The fourth-order valence-electron chi connectivity index (χ4n) is 2.28. The van der Waals surface area contributed by atoms with Crippen molar-refractivity contribution in [3.05, 3.63) is 35.4 Å². The third-order valence-corrected chi connectivity index (χ3v) is 3.60. The number of rotatable bonds is 3. The minimum absolute atomic E-state index is 0.0312. The van der Waals surface area contributed by atoms with Crippen molar-refractivity contribution in [2.75, 3.05) is 6.54 Å². The van der Waals surface area contributed by atoms with Gasteiger partial charge in [0.2, 0.25) is 11.8 Å². The summed E-state index contributed by atoms with van der Waals surface area (Å²) in [6, 6.07) is 8.43. The maximum absolute atomic E-state index is 11.5. The summed E-state index contributed by atoms with van der Waals surface area (Å²) in [4.78, 5) is 24.4. The Balaban J connectivity index is 1.97. The summed E-state index contributed by atoms with van der Waals surface area (Å²) in [6.45, 7) is 7.06. The molecule has 102 valence electrons. The number of carbonyl (C=O) groups is 2. The van der Waals surface area contributed by atoms with Gasteiger partial charge in [0.15, 0.2) is 0 Å². The summed E-state index contributed by atoms with van der Waals surface area (Å²) >= 11 is 0. The van der Waals surface area contributed by atoms with E-state index in [9.17, 15) is 9.59 Å². The number of hydrogen-bond acceptors (Lipinski definition) is 2. The fourth-order valence-corrected chi connectivity index (χ4v) is 2.28. The van der Waals surface area contributed by atoms with E-state index < -0.39 is 0 Å². The maximum atomic E-state index is 11.5. The Morgan fingerprint density at radius 3 is 2.00 bits per heavy atom. The van der Waals surface area contributed by atoms with Gasteiger partial charge in [-0.1, -0.05) is 45.0 Å². The first-order valence-corrected chi connectivity index (χ1v) is 6.80. The molecule has 0 atom stereocenters. The maximum Gasteiger partial charge on any atom is 0.229 e. The second-order valence-corrected chi connectivity index (χ2v) is 6.14. The number of benzene rings is 1. The van der Waals surface area contributed by atoms with Crippen molar-refractivity contribution in [2.45, 2.75) is 45.4 Å². The van der Waals surface area contributed by atoms with E-state index in [1.54, 1.807) is 0 Å². The predicted octanol–water partition coefficient (Wildman–Crippen LogP) is 2.68. The van der Waals surface area contributed by atoms with Gasteiger partial charge in [0.05, 0.1) is 0 Å². The molecule has 19 heavy (non-hydrogen) atoms. The first-order valence-electron chi connectivity index (χ1n) is 6.80. The first kappa shape index (κ1) is 13.8. The van der Waals surface area contributed by atoms with E-state index >= 15 is 0 Å². The highest BCUT2D eigenvalue weighted by molar-refractivity contribution is 6.01. The quantitative estimate of drug-likeness (QED) is 0.783. The molecule has 1 aliphatic rings. The van der Waals surface area contributed by atoms with Crippen LogP contribution in [0.4, 0.5) is 0 Å². The lowest BCUT2D eigenvalue weighted by atomic mass is 9.86. The lowest BCUT2D eigenvalue weighted by Gasteiger charge is -2.19. The molecular weight excluding hydrogens is 238 g/mol. The van der Waals surface area contributed by atoms with Crippen LogP contribution >= 0.6 is 0 Å². The lowest BCUT2D eigenvalue weighted by molar-refractivity contribution is -0.138. The van der Waals surface area contributed by atoms with E-state index in [2.05, 4.69) is 45.0 Å². The Bertz CT molecular complexity index is 466. The zero-order valence-corrected chi connectivity index (χ0v) is 11.9. The van der Waals surface area contributed by atoms with Crippen LogP contribution in [0, 0.1) is 0 Å². The van der Waals surface area contributed by atoms with Crippen molar-refractivity contribution in [3.63, 3.8) is 0 Å². The Labute approximate surface area is 114 Å². The molecule has 1 aromatic rings. The van der Waals surface area contributed by atoms with Crippen LogP contribution in [-0.4, -0.2) is 23.3 Å². The highest BCUT2D eigenvalue weighted by atomic mass is 16.2. The monoisotopic (exact) mass is 259 g/mol. The zero-order chi connectivity index (χ0) is 14.0. The van der Waals surface area contributed by atoms with Gasteiger partial charge in [-0.05, 0) is 23.0 Å². The lowest BCUT2D eigenvalue weighted by Crippen LogP contribution is -2.31. The fraction of sp³-hybridized carbons (Fsp3) is 0.500. The topological polar surface area (TPSA) is 37.4 Å². The largest absolute Gasteiger partial charge is 0.282 e. The van der Waals surface area contributed by atoms with Gasteiger partial charge in [0.1, 0.15) is 0 Å². The first-order chi connectivity index (χ1) is 8.88. The molecule has 1 saturated heterocycles. The summed E-state index contributed by atoms with van der Waals surface area (Å²) in [6.07, 6.45) is 1.49. The van der Waals surface area contributed by atoms with Gasteiger partial charge in [-0.25, -0.2) is 0 Å². The van der Waals surface area contributed by atoms with E-state index in [-0.39, 0.29) is 17.2 Å². The van der Waals surface area contributed by atoms with Crippen LogP contribution in [-0.2, 0) is 21.4 Å². The van der Waals surface area contributed by atoms with E-state index in [0.29, 0.717) is 19.4 Å². The van der Waals surface area contributed by atoms with E-state index in [1.807, 2.05) is 0 Å². The van der Waals surface area contributed by atoms with Gasteiger partial charge >= 0.3 is 0 Å². The van der Waals surface area contributed by atoms with Crippen LogP contribution in [0.5, 0.6) is 0 Å². The molecule has 1 aliphatic heterocycles. The average Bonchev–Trinajstić information content (AvgIpc) is 2.66. The van der Waals surface area contributed by atoms with Crippen LogP contribution in [0.15, 0.2) is 24.3 Å². The van der Waals surface area contributed by atoms with Gasteiger partial charge in [0, 0.05) is 19.4 Å². The van der Waals surface area contributed by atoms with Gasteiger partial charge in [0.25, 0.3) is 0 Å². The molecule has 0 bridgehead atoms. The minimum Gasteiger partial charge on any atom is -0.282 e. The molecule has 0 unspecified atom stereocenters. The third kappa shape index (κ3) is 3.22. The van der Waals surface area contributed by atoms with Crippen molar-refractivity contribution < 1.29 is 9.59 Å². The number of hydrogen-bond donors (Lipinski definition) is 0. The molecule has 0 aliphatic carbocycles. The van der Waals surface area contributed by atoms with Crippen molar-refractivity contribution in [3.8, 4) is 0 Å². The molecule has 0 radical (unpaired) electrons. The zero-order valence-electron chi connectivity index (χ0n) is 11.9. The van der Waals surface area contributed by atoms with Crippen LogP contribution in [0.2, 0.25) is 0 Å². The van der Waals surface area contributed by atoms with Gasteiger partial charge in [-0.15, -0.1) is 0 Å². The van der Waals surface area contributed by atoms with E-state index in [0.717, 1.165) is 6.42 Å². The molecule has 2 amide bonds. The van der Waals surface area contributed by atoms with Crippen LogP contribution in [0.1, 0.15) is 44.7 Å². The molecule has 3 heteroatoms. The highest BCUT2D eigenvalue weighted by Gasteiger charge is 2.28. The van der Waals surface area contributed by atoms with Crippen molar-refractivity contribution in [1.29, 1.82) is 0 Å². The standard InChI is InChI=1S/C16H21NO2/c1-16(2,3)13-6-4-12(5-7-13)10-11-17-14(18)8-9-15(17)19/h4-7H,8-11H2,1-3H3. The van der Waals surface area contributed by atoms with E-state index in [4.69, 9.17) is 0 Å². The Kier molecular flexibility index (Phi) is 3.74. The highest BCUT2D eigenvalue weighted by Crippen LogP contribution is 2.22. The van der Waals surface area contributed by atoms with Crippen LogP contribution < -0.4 is 0 Å². The Morgan fingerprint density at radius 2 is 1.53 bits per heavy atom. The molecule has 0 spiro atoms. The normalized spacial score (nSPS) is 16.3.